The molecule has 2 amide bonds. The number of nitrogens with zero attached hydrogens (tertiary/aromatic N) is 11. The number of thiazole rings is 1. The van der Waals surface area contributed by atoms with Crippen molar-refractivity contribution in [2.24, 2.45) is 0 Å². The fourth-order valence-corrected chi connectivity index (χ4v) is 12.8. The van der Waals surface area contributed by atoms with Crippen molar-refractivity contribution in [3.63, 3.8) is 0 Å². The number of Topliss-reactive ketones (excluding diaryl/α,β-unsaturated/α-hetero) is 2. The van der Waals surface area contributed by atoms with Crippen molar-refractivity contribution in [3.8, 4) is 35.1 Å². The highest BCUT2D eigenvalue weighted by atomic mass is 35.5. The SMILES string of the molecule is CC(F)(F)c1cc(CC(=O)c2cccc(C#Cc3cnc4ccccn34)c2)cc(-n2ccnc2)c1.Cc1cccc(Cl)c1NC(=O)c1cnc(NC(=O)c2ccc(CN3CCN(C)CC3)cc2)s1.O=C(Cc1cc(-n2cnc(C3CC3)c2)cc(C(F)(F)F)c1)c1cccc(C#Cc2cnc3ccccn23)c1. The number of ketones is 2. The Bertz CT molecular complexity index is 5510. The Morgan fingerprint density at radius 2 is 1.17 bits per heavy atom. The lowest BCUT2D eigenvalue weighted by Crippen LogP contribution is -2.43. The van der Waals surface area contributed by atoms with Gasteiger partial charge in [-0.2, -0.15) is 13.2 Å². The summed E-state index contributed by atoms with van der Waals surface area (Å²) in [5.41, 5.74) is 9.89. The Labute approximate surface area is 616 Å². The average Bonchev–Trinajstić information content (AvgIpc) is 1.48. The minimum atomic E-state index is -4.54. The maximum Gasteiger partial charge on any atom is 0.416 e. The van der Waals surface area contributed by atoms with E-state index in [0.717, 1.165) is 104 Å². The largest absolute Gasteiger partial charge is 0.416 e. The Morgan fingerprint density at radius 3 is 1.75 bits per heavy atom. The van der Waals surface area contributed by atoms with Gasteiger partial charge in [0.05, 0.1) is 53.2 Å². The molecular weight excluding hydrogens is 1390 g/mol. The van der Waals surface area contributed by atoms with E-state index in [9.17, 15) is 41.1 Å². The van der Waals surface area contributed by atoms with Gasteiger partial charge < -0.3 is 19.4 Å². The summed E-state index contributed by atoms with van der Waals surface area (Å²) >= 11 is 7.30. The summed E-state index contributed by atoms with van der Waals surface area (Å²) in [7, 11) is 2.14. The van der Waals surface area contributed by atoms with Gasteiger partial charge in [-0.3, -0.25) is 38.2 Å². The van der Waals surface area contributed by atoms with Gasteiger partial charge in [-0.1, -0.05) is 95.4 Å². The fourth-order valence-electron chi connectivity index (χ4n) is 11.8. The van der Waals surface area contributed by atoms with E-state index in [4.69, 9.17) is 11.6 Å². The molecular formula is C82H67ClF5N13O4S. The van der Waals surface area contributed by atoms with Crippen molar-refractivity contribution in [2.45, 2.75) is 64.1 Å². The van der Waals surface area contributed by atoms with Gasteiger partial charge >= 0.3 is 6.18 Å². The highest BCUT2D eigenvalue weighted by Gasteiger charge is 2.33. The lowest BCUT2D eigenvalue weighted by molar-refractivity contribution is -0.137. The quantitative estimate of drug-likeness (QED) is 0.0533. The van der Waals surface area contributed by atoms with Crippen molar-refractivity contribution in [1.29, 1.82) is 0 Å². The number of fused-ring (bicyclic) bond motifs is 2. The molecule has 1 aliphatic heterocycles. The van der Waals surface area contributed by atoms with Crippen LogP contribution < -0.4 is 10.6 Å². The average molecular weight is 1460 g/mol. The zero-order chi connectivity index (χ0) is 74.1. The number of hydrogen-bond acceptors (Lipinski definition) is 12. The standard InChI is InChI=1S/C30H21F3N4O.C28H20F2N4O.C24H26ClN5O2S/c31-30(32,33)24-13-21(14-26(16-24)36-18-27(35-19-36)22-8-9-22)15-28(38)23-5-3-4-20(12-23)7-10-25-17-34-29-6-1-2-11-37(25)29;1-28(29,30)23-14-21(15-25(17-23)33-12-10-31-19-33)16-26(35)22-6-4-5-20(13-22)8-9-24-18-32-27-7-2-3-11-34(24)27;1-16-4-3-5-19(25)21(16)27-23(32)20-14-26-24(33-20)28-22(31)18-8-6-17(7-9-18)15-30-12-10-29(2)11-13-30/h1-6,11-14,16-19,22H,8-9,15H2;2-7,10-15,17-19H,16H2,1H3;3-9,14H,10-13,15H2,1-2H3,(H,27,32)(H,26,28,31). The van der Waals surface area contributed by atoms with Gasteiger partial charge in [-0.25, -0.2) is 33.7 Å². The normalized spacial score (nSPS) is 13.1. The zero-order valence-corrected chi connectivity index (χ0v) is 59.1. The van der Waals surface area contributed by atoms with Crippen LogP contribution in [-0.2, 0) is 31.5 Å². The van der Waals surface area contributed by atoms with Crippen LogP contribution in [0, 0.1) is 30.6 Å². The summed E-state index contributed by atoms with van der Waals surface area (Å²) in [6.07, 6.45) is 14.0. The Kier molecular flexibility index (Phi) is 21.8. The molecule has 15 rings (SSSR count). The number of carbonyl (C=O) groups is 4. The molecule has 1 saturated heterocycles. The molecule has 0 unspecified atom stereocenters. The van der Waals surface area contributed by atoms with Crippen LogP contribution in [0.5, 0.6) is 0 Å². The molecule has 24 heteroatoms. The number of hydrogen-bond donors (Lipinski definition) is 2. The number of alkyl halides is 5. The molecule has 0 bridgehead atoms. The number of rotatable bonds is 16. The Balaban J connectivity index is 0.000000141. The third kappa shape index (κ3) is 18.3. The molecule has 8 heterocycles. The fraction of sp³-hybridized carbons (Fsp3) is 0.183. The number of aromatic nitrogens is 9. The van der Waals surface area contributed by atoms with Crippen LogP contribution in [-0.4, -0.2) is 109 Å². The van der Waals surface area contributed by atoms with Gasteiger partial charge in [-0.05, 0) is 164 Å². The second kappa shape index (κ2) is 31.9. The van der Waals surface area contributed by atoms with E-state index >= 15 is 0 Å². The van der Waals surface area contributed by atoms with Crippen molar-refractivity contribution in [2.75, 3.05) is 43.9 Å². The van der Waals surface area contributed by atoms with Gasteiger partial charge in [0, 0.05) is 134 Å². The second-order valence-electron chi connectivity index (χ2n) is 25.8. The lowest BCUT2D eigenvalue weighted by Gasteiger charge is -2.32. The Hall–Kier alpha value is -12.0. The molecule has 532 valence electrons. The van der Waals surface area contributed by atoms with Gasteiger partial charge in [0.25, 0.3) is 17.7 Å². The highest BCUT2D eigenvalue weighted by Crippen LogP contribution is 2.40. The summed E-state index contributed by atoms with van der Waals surface area (Å²) in [5, 5.41) is 6.42. The molecule has 7 aromatic heterocycles. The summed E-state index contributed by atoms with van der Waals surface area (Å²) in [5.74, 6) is 8.58. The van der Waals surface area contributed by atoms with Gasteiger partial charge in [0.2, 0.25) is 0 Å². The maximum absolute atomic E-state index is 14.1. The zero-order valence-electron chi connectivity index (χ0n) is 57.5. The molecule has 17 nitrogen and oxygen atoms in total. The van der Waals surface area contributed by atoms with Crippen LogP contribution in [0.3, 0.4) is 0 Å². The second-order valence-corrected chi connectivity index (χ2v) is 27.2. The molecule has 2 fully saturated rings. The first-order chi connectivity index (χ1) is 51.1. The van der Waals surface area contributed by atoms with E-state index in [1.165, 1.54) is 36.5 Å². The maximum atomic E-state index is 14.1. The van der Waals surface area contributed by atoms with E-state index in [1.807, 2.05) is 107 Å². The summed E-state index contributed by atoms with van der Waals surface area (Å²) in [4.78, 5) is 77.7. The van der Waals surface area contributed by atoms with Crippen LogP contribution in [0.2, 0.25) is 5.02 Å². The number of carbonyl (C=O) groups excluding carboxylic acids is 4. The predicted octanol–water partition coefficient (Wildman–Crippen LogP) is 16.1. The van der Waals surface area contributed by atoms with E-state index in [0.29, 0.717) is 77.1 Å². The third-order valence-electron chi connectivity index (χ3n) is 17.7. The molecule has 6 aromatic carbocycles. The van der Waals surface area contributed by atoms with Crippen LogP contribution in [0.1, 0.15) is 128 Å². The minimum absolute atomic E-state index is 0.0181. The number of para-hydroxylation sites is 1. The van der Waals surface area contributed by atoms with Crippen LogP contribution in [0.25, 0.3) is 22.7 Å². The first-order valence-corrected chi connectivity index (χ1v) is 35.0. The lowest BCUT2D eigenvalue weighted by atomic mass is 9.98. The van der Waals surface area contributed by atoms with E-state index in [2.05, 4.69) is 76.1 Å². The highest BCUT2D eigenvalue weighted by molar-refractivity contribution is 7.17. The van der Waals surface area contributed by atoms with Gasteiger partial charge in [0.1, 0.15) is 27.6 Å². The predicted molar refractivity (Wildman–Crippen MR) is 398 cm³/mol. The number of anilines is 2. The Morgan fingerprint density at radius 1 is 0.575 bits per heavy atom. The summed E-state index contributed by atoms with van der Waals surface area (Å²) in [6.45, 7) is 7.85. The van der Waals surface area contributed by atoms with E-state index < -0.39 is 17.7 Å². The number of likely N-dealkylation sites (N-methyl/N-ethyl adjacent to an activating group) is 1. The van der Waals surface area contributed by atoms with Crippen LogP contribution >= 0.6 is 22.9 Å². The van der Waals surface area contributed by atoms with Crippen LogP contribution in [0.4, 0.5) is 32.8 Å². The number of pyridine rings is 2. The molecule has 0 atom stereocenters. The molecule has 0 spiro atoms. The molecule has 2 N–H and O–H groups in total. The summed E-state index contributed by atoms with van der Waals surface area (Å²) in [6, 6.07) is 46.5. The number of imidazole rings is 4. The van der Waals surface area contributed by atoms with Crippen molar-refractivity contribution < 1.29 is 41.1 Å². The molecule has 106 heavy (non-hydrogen) atoms. The number of piperazine rings is 1. The van der Waals surface area contributed by atoms with Crippen molar-refractivity contribution in [3.05, 3.63) is 314 Å². The number of amides is 2. The van der Waals surface area contributed by atoms with Crippen molar-refractivity contribution in [1.82, 2.24) is 52.7 Å². The van der Waals surface area contributed by atoms with Gasteiger partial charge in [-0.15, -0.1) is 0 Å². The van der Waals surface area contributed by atoms with E-state index in [-0.39, 0.29) is 47.3 Å². The number of benzene rings is 6. The summed E-state index contributed by atoms with van der Waals surface area (Å²) < 4.78 is 76.3. The number of nitrogens with one attached hydrogen (secondary N) is 2. The number of aryl methyl sites for hydroxylation is 1. The van der Waals surface area contributed by atoms with Crippen molar-refractivity contribution >= 4 is 68.4 Å². The number of halogens is 6. The van der Waals surface area contributed by atoms with E-state index in [1.54, 1.807) is 101 Å². The third-order valence-corrected chi connectivity index (χ3v) is 18.9. The molecule has 2 aliphatic rings. The minimum Gasteiger partial charge on any atom is -0.320 e. The van der Waals surface area contributed by atoms with Crippen LogP contribution in [0.15, 0.2) is 226 Å². The molecule has 1 saturated carbocycles. The first kappa shape index (κ1) is 72.4. The molecule has 13 aromatic rings. The topological polar surface area (TPSA) is 182 Å². The first-order valence-electron chi connectivity index (χ1n) is 33.8. The smallest absolute Gasteiger partial charge is 0.320 e. The molecule has 0 radical (unpaired) electrons. The van der Waals surface area contributed by atoms with Gasteiger partial charge in [0.15, 0.2) is 16.7 Å². The molecule has 1 aliphatic carbocycles. The monoisotopic (exact) mass is 1460 g/mol.